The zero-order valence-corrected chi connectivity index (χ0v) is 14.2. The van der Waals surface area contributed by atoms with E-state index in [1.807, 2.05) is 23.1 Å². The highest BCUT2D eigenvalue weighted by molar-refractivity contribution is 5.80. The molecule has 0 unspecified atom stereocenters. The van der Waals surface area contributed by atoms with Gasteiger partial charge in [0.05, 0.1) is 33.5 Å². The summed E-state index contributed by atoms with van der Waals surface area (Å²) < 4.78 is 16.4. The molecule has 3 rings (SSSR count). The minimum atomic E-state index is -0.430. The van der Waals surface area contributed by atoms with Gasteiger partial charge in [-0.05, 0) is 30.5 Å². The second-order valence-corrected chi connectivity index (χ2v) is 6.31. The molecule has 1 aromatic carbocycles. The number of aliphatic hydroxyl groups is 1. The third-order valence-corrected chi connectivity index (χ3v) is 5.02. The van der Waals surface area contributed by atoms with Gasteiger partial charge in [-0.3, -0.25) is 4.79 Å². The van der Waals surface area contributed by atoms with Crippen LogP contribution in [0.25, 0.3) is 0 Å². The summed E-state index contributed by atoms with van der Waals surface area (Å²) in [6, 6.07) is 5.28. The quantitative estimate of drug-likeness (QED) is 0.888. The minimum Gasteiger partial charge on any atom is -0.493 e. The van der Waals surface area contributed by atoms with Crippen LogP contribution in [0.1, 0.15) is 30.9 Å². The molecule has 2 fully saturated rings. The number of morpholine rings is 1. The van der Waals surface area contributed by atoms with Crippen molar-refractivity contribution in [3.05, 3.63) is 23.8 Å². The molecule has 0 bridgehead atoms. The molecule has 1 saturated heterocycles. The molecule has 1 amide bonds. The maximum atomic E-state index is 12.8. The van der Waals surface area contributed by atoms with Crippen LogP contribution in [0.4, 0.5) is 0 Å². The second-order valence-electron chi connectivity index (χ2n) is 6.31. The van der Waals surface area contributed by atoms with Gasteiger partial charge in [0, 0.05) is 12.5 Å². The van der Waals surface area contributed by atoms with Crippen molar-refractivity contribution >= 4 is 5.91 Å². The molecule has 6 heteroatoms. The number of amides is 1. The van der Waals surface area contributed by atoms with Crippen molar-refractivity contribution in [2.75, 3.05) is 34.0 Å². The Morgan fingerprint density at radius 1 is 1.29 bits per heavy atom. The standard InChI is InChI=1S/C18H25NO5/c1-22-14-7-6-13(10-15(14)23-2)17-16(11-20)24-9-8-19(17)18(21)12-4-3-5-12/h6-7,10,12,16-17,20H,3-5,8-9,11H2,1-2H3/t16-,17-/m1/s1. The predicted molar refractivity (Wildman–Crippen MR) is 88.2 cm³/mol. The minimum absolute atomic E-state index is 0.116. The van der Waals surface area contributed by atoms with E-state index in [2.05, 4.69) is 0 Å². The van der Waals surface area contributed by atoms with Crippen molar-refractivity contribution in [3.63, 3.8) is 0 Å². The van der Waals surface area contributed by atoms with E-state index in [9.17, 15) is 9.90 Å². The summed E-state index contributed by atoms with van der Waals surface area (Å²) >= 11 is 0. The third-order valence-electron chi connectivity index (χ3n) is 5.02. The monoisotopic (exact) mass is 335 g/mol. The molecule has 2 aliphatic rings. The van der Waals surface area contributed by atoms with Crippen molar-refractivity contribution in [2.45, 2.75) is 31.4 Å². The fraction of sp³-hybridized carbons (Fsp3) is 0.611. The van der Waals surface area contributed by atoms with Crippen LogP contribution in [-0.2, 0) is 9.53 Å². The first-order chi connectivity index (χ1) is 11.7. The summed E-state index contributed by atoms with van der Waals surface area (Å²) in [6.45, 7) is 0.867. The molecule has 6 nitrogen and oxygen atoms in total. The van der Waals surface area contributed by atoms with E-state index in [1.54, 1.807) is 14.2 Å². The van der Waals surface area contributed by atoms with Crippen molar-refractivity contribution in [2.24, 2.45) is 5.92 Å². The van der Waals surface area contributed by atoms with Crippen molar-refractivity contribution in [1.29, 1.82) is 0 Å². The van der Waals surface area contributed by atoms with Crippen LogP contribution in [0.3, 0.4) is 0 Å². The molecular weight excluding hydrogens is 310 g/mol. The van der Waals surface area contributed by atoms with Crippen molar-refractivity contribution in [1.82, 2.24) is 4.90 Å². The van der Waals surface area contributed by atoms with E-state index in [-0.39, 0.29) is 24.5 Å². The van der Waals surface area contributed by atoms with E-state index in [0.717, 1.165) is 24.8 Å². The van der Waals surface area contributed by atoms with Crippen LogP contribution in [-0.4, -0.2) is 56.0 Å². The molecule has 0 aromatic heterocycles. The van der Waals surface area contributed by atoms with Crippen LogP contribution in [0.5, 0.6) is 11.5 Å². The fourth-order valence-corrected chi connectivity index (χ4v) is 3.45. The summed E-state index contributed by atoms with van der Waals surface area (Å²) in [6.07, 6.45) is 2.60. The van der Waals surface area contributed by atoms with Gasteiger partial charge in [0.2, 0.25) is 5.91 Å². The molecule has 0 spiro atoms. The van der Waals surface area contributed by atoms with E-state index in [0.29, 0.717) is 24.7 Å². The molecule has 2 atom stereocenters. The topological polar surface area (TPSA) is 68.2 Å². The van der Waals surface area contributed by atoms with Crippen molar-refractivity contribution in [3.8, 4) is 11.5 Å². The van der Waals surface area contributed by atoms with Crippen LogP contribution < -0.4 is 9.47 Å². The first-order valence-corrected chi connectivity index (χ1v) is 8.44. The normalized spacial score (nSPS) is 24.4. The van der Waals surface area contributed by atoms with Crippen LogP contribution >= 0.6 is 0 Å². The average molecular weight is 335 g/mol. The lowest BCUT2D eigenvalue weighted by atomic mass is 9.83. The molecule has 1 aliphatic heterocycles. The van der Waals surface area contributed by atoms with Crippen molar-refractivity contribution < 1.29 is 24.1 Å². The highest BCUT2D eigenvalue weighted by Gasteiger charge is 2.40. The molecular formula is C18H25NO5. The zero-order valence-electron chi connectivity index (χ0n) is 14.2. The number of rotatable bonds is 5. The molecule has 24 heavy (non-hydrogen) atoms. The lowest BCUT2D eigenvalue weighted by molar-refractivity contribution is -0.156. The Labute approximate surface area is 142 Å². The molecule has 1 aliphatic carbocycles. The number of aliphatic hydroxyl groups excluding tert-OH is 1. The van der Waals surface area contributed by atoms with Gasteiger partial charge in [0.15, 0.2) is 11.5 Å². The average Bonchev–Trinajstić information content (AvgIpc) is 2.58. The first kappa shape index (κ1) is 17.0. The lowest BCUT2D eigenvalue weighted by Crippen LogP contribution is -2.52. The van der Waals surface area contributed by atoms with Crippen LogP contribution in [0.15, 0.2) is 18.2 Å². The highest BCUT2D eigenvalue weighted by atomic mass is 16.5. The first-order valence-electron chi connectivity index (χ1n) is 8.44. The number of ether oxygens (including phenoxy) is 3. The zero-order chi connectivity index (χ0) is 17.1. The fourth-order valence-electron chi connectivity index (χ4n) is 3.45. The largest absolute Gasteiger partial charge is 0.493 e. The number of nitrogens with zero attached hydrogens (tertiary/aromatic N) is 1. The maximum Gasteiger partial charge on any atom is 0.226 e. The van der Waals surface area contributed by atoms with Gasteiger partial charge >= 0.3 is 0 Å². The Morgan fingerprint density at radius 2 is 2.04 bits per heavy atom. The molecule has 1 N–H and O–H groups in total. The van der Waals surface area contributed by atoms with E-state index in [1.165, 1.54) is 0 Å². The molecule has 1 saturated carbocycles. The summed E-state index contributed by atoms with van der Waals surface area (Å²) in [5.41, 5.74) is 0.888. The summed E-state index contributed by atoms with van der Waals surface area (Å²) in [5, 5.41) is 9.74. The van der Waals surface area contributed by atoms with Gasteiger partial charge in [-0.1, -0.05) is 12.5 Å². The Morgan fingerprint density at radius 3 is 2.62 bits per heavy atom. The smallest absolute Gasteiger partial charge is 0.226 e. The lowest BCUT2D eigenvalue weighted by Gasteiger charge is -2.43. The van der Waals surface area contributed by atoms with Gasteiger partial charge in [0.1, 0.15) is 6.10 Å². The second kappa shape index (κ2) is 7.40. The van der Waals surface area contributed by atoms with Gasteiger partial charge in [0.25, 0.3) is 0 Å². The summed E-state index contributed by atoms with van der Waals surface area (Å²) in [4.78, 5) is 14.7. The number of benzene rings is 1. The Hall–Kier alpha value is -1.79. The third kappa shape index (κ3) is 3.08. The number of hydrogen-bond donors (Lipinski definition) is 1. The maximum absolute atomic E-state index is 12.8. The van der Waals surface area contributed by atoms with E-state index in [4.69, 9.17) is 14.2 Å². The number of methoxy groups -OCH3 is 2. The molecule has 1 heterocycles. The number of hydrogen-bond acceptors (Lipinski definition) is 5. The molecule has 1 aromatic rings. The molecule has 132 valence electrons. The Kier molecular flexibility index (Phi) is 5.26. The highest BCUT2D eigenvalue weighted by Crippen LogP contribution is 2.38. The van der Waals surface area contributed by atoms with Gasteiger partial charge < -0.3 is 24.2 Å². The Bertz CT molecular complexity index is 587. The van der Waals surface area contributed by atoms with Crippen LogP contribution in [0, 0.1) is 5.92 Å². The predicted octanol–water partition coefficient (Wildman–Crippen LogP) is 1.76. The SMILES string of the molecule is COc1ccc([C@@H]2[C@@H](CO)OCCN2C(=O)C2CCC2)cc1OC. The van der Waals surface area contributed by atoms with Crippen LogP contribution in [0.2, 0.25) is 0 Å². The number of carbonyl (C=O) groups is 1. The van der Waals surface area contributed by atoms with Gasteiger partial charge in [-0.15, -0.1) is 0 Å². The van der Waals surface area contributed by atoms with Gasteiger partial charge in [-0.2, -0.15) is 0 Å². The summed E-state index contributed by atoms with van der Waals surface area (Å²) in [5.74, 6) is 1.52. The van der Waals surface area contributed by atoms with E-state index < -0.39 is 6.10 Å². The van der Waals surface area contributed by atoms with Gasteiger partial charge in [-0.25, -0.2) is 0 Å². The summed E-state index contributed by atoms with van der Waals surface area (Å²) in [7, 11) is 3.17. The molecule has 0 radical (unpaired) electrons. The Balaban J connectivity index is 1.93. The van der Waals surface area contributed by atoms with E-state index >= 15 is 0 Å². The number of carbonyl (C=O) groups excluding carboxylic acids is 1.